The molecule has 0 radical (unpaired) electrons. The third kappa shape index (κ3) is 5.41. The van der Waals surface area contributed by atoms with Crippen LogP contribution in [0.15, 0.2) is 28.8 Å². The molecule has 0 aliphatic carbocycles. The molecule has 0 bridgehead atoms. The van der Waals surface area contributed by atoms with E-state index in [0.29, 0.717) is 24.2 Å². The predicted molar refractivity (Wildman–Crippen MR) is 104 cm³/mol. The van der Waals surface area contributed by atoms with Crippen LogP contribution in [0.3, 0.4) is 0 Å². The molecule has 3 heterocycles. The summed E-state index contributed by atoms with van der Waals surface area (Å²) in [6.45, 7) is 8.20. The average Bonchev–Trinajstić information content (AvgIpc) is 3.30. The minimum Gasteiger partial charge on any atom is -0.379 e. The number of alkyl halides is 3. The van der Waals surface area contributed by atoms with Crippen molar-refractivity contribution < 1.29 is 27.2 Å². The zero-order chi connectivity index (χ0) is 21.8. The van der Waals surface area contributed by atoms with E-state index in [-0.39, 0.29) is 11.7 Å². The topological polar surface area (TPSA) is 74.9 Å². The Bertz CT molecular complexity index is 890. The fourth-order valence-corrected chi connectivity index (χ4v) is 3.71. The Morgan fingerprint density at radius 1 is 1.00 bits per heavy atom. The number of halogens is 3. The average molecular weight is 439 g/mol. The molecule has 4 rings (SSSR count). The Hall–Kier alpha value is -2.50. The summed E-state index contributed by atoms with van der Waals surface area (Å²) in [7, 11) is 0. The summed E-state index contributed by atoms with van der Waals surface area (Å²) < 4.78 is 47.7. The highest BCUT2D eigenvalue weighted by molar-refractivity contribution is 5.95. The molecule has 31 heavy (non-hydrogen) atoms. The molecular weight excluding hydrogens is 415 g/mol. The van der Waals surface area contributed by atoms with Crippen molar-refractivity contribution in [1.82, 2.24) is 24.8 Å². The molecule has 2 fully saturated rings. The number of morpholine rings is 1. The minimum atomic E-state index is -4.71. The van der Waals surface area contributed by atoms with Crippen LogP contribution in [0.4, 0.5) is 13.2 Å². The van der Waals surface area contributed by atoms with E-state index in [4.69, 9.17) is 4.74 Å². The summed E-state index contributed by atoms with van der Waals surface area (Å²) >= 11 is 0. The van der Waals surface area contributed by atoms with Crippen molar-refractivity contribution in [3.05, 3.63) is 35.7 Å². The summed E-state index contributed by atoms with van der Waals surface area (Å²) in [5.41, 5.74) is 0.687. The van der Waals surface area contributed by atoms with Gasteiger partial charge in [-0.3, -0.25) is 14.6 Å². The quantitative estimate of drug-likeness (QED) is 0.704. The molecule has 0 spiro atoms. The summed E-state index contributed by atoms with van der Waals surface area (Å²) in [6.07, 6.45) is -4.71. The molecule has 2 aliphatic heterocycles. The Kier molecular flexibility index (Phi) is 6.54. The normalized spacial score (nSPS) is 19.0. The molecule has 11 heteroatoms. The van der Waals surface area contributed by atoms with Crippen LogP contribution < -0.4 is 0 Å². The molecule has 168 valence electrons. The standard InChI is InChI=1S/C20H24F3N5O3/c21-20(22,23)19-24-17(25-31-19)15-2-1-3-16(14-15)18(29)28-8-6-26(7-9-28)4-5-27-10-12-30-13-11-27/h1-3,14H,4-13H2. The van der Waals surface area contributed by atoms with Crippen LogP contribution in [0.25, 0.3) is 11.4 Å². The van der Waals surface area contributed by atoms with E-state index in [2.05, 4.69) is 24.5 Å². The number of amides is 1. The molecule has 2 saturated heterocycles. The van der Waals surface area contributed by atoms with Crippen LogP contribution >= 0.6 is 0 Å². The number of carbonyl (C=O) groups is 1. The van der Waals surface area contributed by atoms with E-state index in [1.807, 2.05) is 0 Å². The van der Waals surface area contributed by atoms with Gasteiger partial charge in [0.25, 0.3) is 5.91 Å². The lowest BCUT2D eigenvalue weighted by atomic mass is 10.1. The molecule has 1 aromatic carbocycles. The van der Waals surface area contributed by atoms with Crippen molar-refractivity contribution in [1.29, 1.82) is 0 Å². The van der Waals surface area contributed by atoms with Gasteiger partial charge in [0.15, 0.2) is 0 Å². The molecule has 2 aliphatic rings. The van der Waals surface area contributed by atoms with Crippen molar-refractivity contribution in [2.75, 3.05) is 65.6 Å². The Morgan fingerprint density at radius 3 is 2.32 bits per heavy atom. The Morgan fingerprint density at radius 2 is 1.68 bits per heavy atom. The summed E-state index contributed by atoms with van der Waals surface area (Å²) in [5.74, 6) is -1.77. The smallest absolute Gasteiger partial charge is 0.379 e. The van der Waals surface area contributed by atoms with Crippen molar-refractivity contribution in [2.24, 2.45) is 0 Å². The van der Waals surface area contributed by atoms with Crippen molar-refractivity contribution in [3.8, 4) is 11.4 Å². The van der Waals surface area contributed by atoms with Crippen molar-refractivity contribution >= 4 is 5.91 Å². The lowest BCUT2D eigenvalue weighted by Gasteiger charge is -2.36. The number of hydrogen-bond donors (Lipinski definition) is 0. The fraction of sp³-hybridized carbons (Fsp3) is 0.550. The summed E-state index contributed by atoms with van der Waals surface area (Å²) in [5, 5.41) is 3.39. The van der Waals surface area contributed by atoms with E-state index in [9.17, 15) is 18.0 Å². The number of nitrogens with zero attached hydrogens (tertiary/aromatic N) is 5. The molecule has 0 atom stereocenters. The minimum absolute atomic E-state index is 0.158. The first-order valence-electron chi connectivity index (χ1n) is 10.2. The van der Waals surface area contributed by atoms with Gasteiger partial charge in [-0.25, -0.2) is 0 Å². The maximum absolute atomic E-state index is 12.9. The lowest BCUT2D eigenvalue weighted by molar-refractivity contribution is -0.159. The van der Waals surface area contributed by atoms with Gasteiger partial charge in [-0.2, -0.15) is 18.2 Å². The third-order valence-corrected chi connectivity index (χ3v) is 5.53. The molecule has 1 amide bonds. The number of hydrogen-bond acceptors (Lipinski definition) is 7. The van der Waals surface area contributed by atoms with Crippen molar-refractivity contribution in [3.63, 3.8) is 0 Å². The predicted octanol–water partition coefficient (Wildman–Crippen LogP) is 1.85. The van der Waals surface area contributed by atoms with Gasteiger partial charge in [-0.15, -0.1) is 0 Å². The summed E-state index contributed by atoms with van der Waals surface area (Å²) in [6, 6.07) is 6.29. The first-order valence-corrected chi connectivity index (χ1v) is 10.2. The van der Waals surface area contributed by atoms with Gasteiger partial charge in [0.05, 0.1) is 13.2 Å². The molecule has 8 nitrogen and oxygen atoms in total. The molecule has 0 N–H and O–H groups in total. The highest BCUT2D eigenvalue weighted by atomic mass is 19.4. The van der Waals surface area contributed by atoms with Crippen LogP contribution in [0.2, 0.25) is 0 Å². The number of rotatable bonds is 5. The van der Waals surface area contributed by atoms with Crippen LogP contribution in [0.5, 0.6) is 0 Å². The van der Waals surface area contributed by atoms with E-state index in [1.165, 1.54) is 6.07 Å². The SMILES string of the molecule is O=C(c1cccc(-c2noc(C(F)(F)F)n2)c1)N1CCN(CCN2CCOCC2)CC1. The molecule has 1 aromatic heterocycles. The van der Waals surface area contributed by atoms with Crippen LogP contribution in [0, 0.1) is 0 Å². The van der Waals surface area contributed by atoms with Gasteiger partial charge >= 0.3 is 12.1 Å². The van der Waals surface area contributed by atoms with Gasteiger partial charge in [0.1, 0.15) is 0 Å². The monoisotopic (exact) mass is 439 g/mol. The van der Waals surface area contributed by atoms with Gasteiger partial charge in [-0.1, -0.05) is 17.3 Å². The van der Waals surface area contributed by atoms with E-state index < -0.39 is 12.1 Å². The summed E-state index contributed by atoms with van der Waals surface area (Å²) in [4.78, 5) is 22.8. The molecule has 0 saturated carbocycles. The van der Waals surface area contributed by atoms with Crippen LogP contribution in [0.1, 0.15) is 16.2 Å². The molecular formula is C20H24F3N5O3. The highest BCUT2D eigenvalue weighted by Gasteiger charge is 2.38. The second kappa shape index (κ2) is 9.33. The Labute approximate surface area is 177 Å². The number of carbonyl (C=O) groups excluding carboxylic acids is 1. The highest BCUT2D eigenvalue weighted by Crippen LogP contribution is 2.29. The zero-order valence-corrected chi connectivity index (χ0v) is 17.0. The molecule has 0 unspecified atom stereocenters. The number of benzene rings is 1. The van der Waals surface area contributed by atoms with E-state index >= 15 is 0 Å². The maximum atomic E-state index is 12.9. The second-order valence-corrected chi connectivity index (χ2v) is 7.59. The van der Waals surface area contributed by atoms with E-state index in [1.54, 1.807) is 23.1 Å². The van der Waals surface area contributed by atoms with Gasteiger partial charge < -0.3 is 14.2 Å². The number of piperazine rings is 1. The fourth-order valence-electron chi connectivity index (χ4n) is 3.71. The first-order chi connectivity index (χ1) is 14.9. The van der Waals surface area contributed by atoms with Crippen LogP contribution in [-0.4, -0.2) is 96.3 Å². The second-order valence-electron chi connectivity index (χ2n) is 7.59. The van der Waals surface area contributed by atoms with Gasteiger partial charge in [0, 0.05) is 63.5 Å². The van der Waals surface area contributed by atoms with Crippen molar-refractivity contribution in [2.45, 2.75) is 6.18 Å². The molecule has 2 aromatic rings. The lowest BCUT2D eigenvalue weighted by Crippen LogP contribution is -2.51. The number of ether oxygens (including phenoxy) is 1. The maximum Gasteiger partial charge on any atom is 0.471 e. The Balaban J connectivity index is 1.33. The first kappa shape index (κ1) is 21.7. The van der Waals surface area contributed by atoms with Gasteiger partial charge in [0.2, 0.25) is 5.82 Å². The zero-order valence-electron chi connectivity index (χ0n) is 17.0. The van der Waals surface area contributed by atoms with Crippen LogP contribution in [-0.2, 0) is 10.9 Å². The third-order valence-electron chi connectivity index (χ3n) is 5.53. The van der Waals surface area contributed by atoms with Gasteiger partial charge in [-0.05, 0) is 12.1 Å². The largest absolute Gasteiger partial charge is 0.471 e. The number of aromatic nitrogens is 2. The van der Waals surface area contributed by atoms with E-state index in [0.717, 1.165) is 52.5 Å².